The molecular formula is C24H20N2O2. The summed E-state index contributed by atoms with van der Waals surface area (Å²) in [6, 6.07) is 23.0. The molecular weight excluding hydrogens is 348 g/mol. The maximum Gasteiger partial charge on any atom is 0.266 e. The molecule has 0 atom stereocenters. The Balaban J connectivity index is 1.97. The number of hydrogen-bond acceptors (Lipinski definition) is 3. The number of aryl methyl sites for hydroxylation is 1. The molecule has 0 N–H and O–H groups in total. The Bertz CT molecular complexity index is 1240. The quantitative estimate of drug-likeness (QED) is 0.516. The van der Waals surface area contributed by atoms with Gasteiger partial charge in [-0.1, -0.05) is 60.2 Å². The third-order valence-electron chi connectivity index (χ3n) is 4.59. The van der Waals surface area contributed by atoms with Gasteiger partial charge in [-0.2, -0.15) is 0 Å². The van der Waals surface area contributed by atoms with Gasteiger partial charge in [0, 0.05) is 0 Å². The van der Waals surface area contributed by atoms with Crippen molar-refractivity contribution in [3.63, 3.8) is 0 Å². The van der Waals surface area contributed by atoms with Crippen LogP contribution in [0.4, 0.5) is 0 Å². The Kier molecular flexibility index (Phi) is 4.77. The van der Waals surface area contributed by atoms with E-state index >= 15 is 0 Å². The molecule has 138 valence electrons. The third-order valence-corrected chi connectivity index (χ3v) is 4.59. The molecule has 28 heavy (non-hydrogen) atoms. The maximum atomic E-state index is 13.3. The molecule has 4 nitrogen and oxygen atoms in total. The summed E-state index contributed by atoms with van der Waals surface area (Å²) >= 11 is 0. The van der Waals surface area contributed by atoms with E-state index in [0.717, 1.165) is 5.56 Å². The smallest absolute Gasteiger partial charge is 0.266 e. The highest BCUT2D eigenvalue weighted by Gasteiger charge is 2.14. The van der Waals surface area contributed by atoms with Crippen molar-refractivity contribution < 1.29 is 4.74 Å². The molecule has 0 unspecified atom stereocenters. The van der Waals surface area contributed by atoms with Crippen LogP contribution in [0, 0.1) is 6.92 Å². The lowest BCUT2D eigenvalue weighted by atomic mass is 10.1. The molecule has 0 spiro atoms. The van der Waals surface area contributed by atoms with Gasteiger partial charge in [0.2, 0.25) is 0 Å². The number of hydrogen-bond donors (Lipinski definition) is 0. The van der Waals surface area contributed by atoms with Crippen LogP contribution in [0.2, 0.25) is 0 Å². The number of aromatic nitrogens is 2. The van der Waals surface area contributed by atoms with Crippen LogP contribution >= 0.6 is 0 Å². The summed E-state index contributed by atoms with van der Waals surface area (Å²) in [7, 11) is 1.60. The topological polar surface area (TPSA) is 44.1 Å². The minimum absolute atomic E-state index is 0.126. The van der Waals surface area contributed by atoms with Crippen molar-refractivity contribution in [1.29, 1.82) is 0 Å². The fourth-order valence-corrected chi connectivity index (χ4v) is 3.25. The lowest BCUT2D eigenvalue weighted by Crippen LogP contribution is -2.22. The van der Waals surface area contributed by atoms with Gasteiger partial charge in [0.05, 0.1) is 23.7 Å². The van der Waals surface area contributed by atoms with Crippen molar-refractivity contribution >= 4 is 23.1 Å². The van der Waals surface area contributed by atoms with Gasteiger partial charge in [0.25, 0.3) is 5.56 Å². The summed E-state index contributed by atoms with van der Waals surface area (Å²) in [6.45, 7) is 2.05. The van der Waals surface area contributed by atoms with E-state index < -0.39 is 0 Å². The predicted molar refractivity (Wildman–Crippen MR) is 114 cm³/mol. The van der Waals surface area contributed by atoms with Crippen LogP contribution in [0.5, 0.6) is 5.75 Å². The molecule has 0 saturated heterocycles. The van der Waals surface area contributed by atoms with Crippen LogP contribution < -0.4 is 10.3 Å². The molecule has 0 saturated carbocycles. The summed E-state index contributed by atoms with van der Waals surface area (Å²) in [5.41, 5.74) is 3.43. The molecule has 0 aliphatic carbocycles. The fourth-order valence-electron chi connectivity index (χ4n) is 3.25. The number of fused-ring (bicyclic) bond motifs is 1. The first kappa shape index (κ1) is 17.7. The second-order valence-electron chi connectivity index (χ2n) is 6.55. The summed E-state index contributed by atoms with van der Waals surface area (Å²) in [5, 5.41) is 0.570. The second-order valence-corrected chi connectivity index (χ2v) is 6.55. The van der Waals surface area contributed by atoms with E-state index in [1.54, 1.807) is 17.7 Å². The lowest BCUT2D eigenvalue weighted by Gasteiger charge is -2.14. The van der Waals surface area contributed by atoms with Gasteiger partial charge in [0.15, 0.2) is 0 Å². The Morgan fingerprint density at radius 1 is 0.929 bits per heavy atom. The number of nitrogens with zero attached hydrogens (tertiary/aromatic N) is 2. The molecule has 0 bridgehead atoms. The fraction of sp³-hybridized carbons (Fsp3) is 0.0833. The first-order valence-corrected chi connectivity index (χ1v) is 9.07. The maximum absolute atomic E-state index is 13.3. The van der Waals surface area contributed by atoms with Crippen LogP contribution in [-0.4, -0.2) is 16.7 Å². The average Bonchev–Trinajstić information content (AvgIpc) is 2.72. The number of para-hydroxylation sites is 3. The molecule has 0 radical (unpaired) electrons. The zero-order valence-electron chi connectivity index (χ0n) is 15.8. The van der Waals surface area contributed by atoms with Gasteiger partial charge in [-0.25, -0.2) is 4.98 Å². The summed E-state index contributed by atoms with van der Waals surface area (Å²) in [5.74, 6) is 1.17. The minimum Gasteiger partial charge on any atom is -0.495 e. The van der Waals surface area contributed by atoms with Crippen LogP contribution in [0.25, 0.3) is 28.7 Å². The molecule has 0 aliphatic rings. The highest BCUT2D eigenvalue weighted by molar-refractivity contribution is 5.80. The zero-order chi connectivity index (χ0) is 19.5. The number of ether oxygens (including phenoxy) is 1. The monoisotopic (exact) mass is 368 g/mol. The van der Waals surface area contributed by atoms with E-state index in [0.29, 0.717) is 28.2 Å². The first-order chi connectivity index (χ1) is 13.7. The van der Waals surface area contributed by atoms with Gasteiger partial charge >= 0.3 is 0 Å². The van der Waals surface area contributed by atoms with Crippen molar-refractivity contribution in [3.8, 4) is 11.4 Å². The first-order valence-electron chi connectivity index (χ1n) is 9.07. The number of rotatable bonds is 4. The van der Waals surface area contributed by atoms with Crippen molar-refractivity contribution in [1.82, 2.24) is 9.55 Å². The molecule has 4 aromatic rings. The molecule has 4 rings (SSSR count). The van der Waals surface area contributed by atoms with Gasteiger partial charge in [0.1, 0.15) is 11.6 Å². The largest absolute Gasteiger partial charge is 0.495 e. The minimum atomic E-state index is -0.126. The Labute approximate surface area is 163 Å². The molecule has 3 aromatic carbocycles. The van der Waals surface area contributed by atoms with Gasteiger partial charge in [-0.3, -0.25) is 9.36 Å². The van der Waals surface area contributed by atoms with Crippen molar-refractivity contribution in [2.24, 2.45) is 0 Å². The van der Waals surface area contributed by atoms with Crippen molar-refractivity contribution in [2.75, 3.05) is 7.11 Å². The van der Waals surface area contributed by atoms with Gasteiger partial charge in [-0.05, 0) is 42.8 Å². The van der Waals surface area contributed by atoms with Crippen LogP contribution in [0.1, 0.15) is 17.0 Å². The Hall–Kier alpha value is -3.66. The van der Waals surface area contributed by atoms with E-state index in [2.05, 4.69) is 19.1 Å². The summed E-state index contributed by atoms with van der Waals surface area (Å²) in [6.07, 6.45) is 3.84. The van der Waals surface area contributed by atoms with Crippen LogP contribution in [0.15, 0.2) is 77.6 Å². The summed E-state index contributed by atoms with van der Waals surface area (Å²) < 4.78 is 7.09. The average molecular weight is 368 g/mol. The predicted octanol–water partition coefficient (Wildman–Crippen LogP) is 4.87. The Morgan fingerprint density at radius 3 is 2.54 bits per heavy atom. The molecule has 4 heteroatoms. The summed E-state index contributed by atoms with van der Waals surface area (Å²) in [4.78, 5) is 18.1. The van der Waals surface area contributed by atoms with E-state index in [1.165, 1.54) is 5.56 Å². The van der Waals surface area contributed by atoms with Crippen molar-refractivity contribution in [3.05, 3.63) is 100 Å². The normalized spacial score (nSPS) is 11.2. The molecule has 1 aromatic heterocycles. The molecule has 0 aliphatic heterocycles. The highest BCUT2D eigenvalue weighted by atomic mass is 16.5. The zero-order valence-corrected chi connectivity index (χ0v) is 15.8. The SMILES string of the molecule is COc1ccccc1-n1c(/C=C/c2cccc(C)c2)nc2ccccc2c1=O. The standard InChI is InChI=1S/C24H20N2O2/c1-17-8-7-9-18(16-17)14-15-23-25-20-11-4-3-10-19(20)24(27)26(23)21-12-5-6-13-22(21)28-2/h3-16H,1-2H3/b15-14+. The van der Waals surface area contributed by atoms with Crippen LogP contribution in [0.3, 0.4) is 0 Å². The van der Waals surface area contributed by atoms with Crippen molar-refractivity contribution in [2.45, 2.75) is 6.92 Å². The van der Waals surface area contributed by atoms with Gasteiger partial charge in [-0.15, -0.1) is 0 Å². The van der Waals surface area contributed by atoms with E-state index in [1.807, 2.05) is 66.7 Å². The third kappa shape index (κ3) is 3.32. The molecule has 1 heterocycles. The van der Waals surface area contributed by atoms with Crippen LogP contribution in [-0.2, 0) is 0 Å². The van der Waals surface area contributed by atoms with Gasteiger partial charge < -0.3 is 4.74 Å². The highest BCUT2D eigenvalue weighted by Crippen LogP contribution is 2.23. The van der Waals surface area contributed by atoms with E-state index in [9.17, 15) is 4.79 Å². The molecule has 0 amide bonds. The van der Waals surface area contributed by atoms with E-state index in [-0.39, 0.29) is 5.56 Å². The molecule has 0 fully saturated rings. The second kappa shape index (κ2) is 7.53. The lowest BCUT2D eigenvalue weighted by molar-refractivity contribution is 0.412. The number of methoxy groups -OCH3 is 1. The van der Waals surface area contributed by atoms with E-state index in [4.69, 9.17) is 9.72 Å². The number of benzene rings is 3. The Morgan fingerprint density at radius 2 is 1.71 bits per heavy atom.